The van der Waals surface area contributed by atoms with Crippen LogP contribution in [-0.4, -0.2) is 32.2 Å². The van der Waals surface area contributed by atoms with E-state index in [1.807, 2.05) is 13.0 Å². The monoisotopic (exact) mass is 492 g/mol. The lowest BCUT2D eigenvalue weighted by Crippen LogP contribution is -2.30. The van der Waals surface area contributed by atoms with E-state index < -0.39 is 11.9 Å². The molecule has 5 rings (SSSR count). The summed E-state index contributed by atoms with van der Waals surface area (Å²) >= 11 is 6.16. The molecule has 0 radical (unpaired) electrons. The van der Waals surface area contributed by atoms with Gasteiger partial charge in [0.25, 0.3) is 5.91 Å². The van der Waals surface area contributed by atoms with Crippen LogP contribution in [0.15, 0.2) is 57.7 Å². The van der Waals surface area contributed by atoms with Gasteiger partial charge in [-0.1, -0.05) is 17.7 Å². The standard InChI is InChI=1S/C26H21ClN2O6/c1-13-6-5-7-20(28-13)29-22(14-10-18(32-2)24(34-4)19(11-14)33-3)21-23(30)16-12-15(27)8-9-17(16)35-25(21)26(29)31/h5-12,22H,1-4H3. The second-order valence-corrected chi connectivity index (χ2v) is 8.42. The van der Waals surface area contributed by atoms with Gasteiger partial charge in [-0.3, -0.25) is 14.5 Å². The smallest absolute Gasteiger partial charge is 0.296 e. The zero-order valence-corrected chi connectivity index (χ0v) is 20.2. The molecule has 0 N–H and O–H groups in total. The molecule has 1 amide bonds. The number of carbonyl (C=O) groups excluding carboxylic acids is 1. The Hall–Kier alpha value is -4.04. The fourth-order valence-electron chi connectivity index (χ4n) is 4.42. The summed E-state index contributed by atoms with van der Waals surface area (Å²) in [6, 6.07) is 12.6. The highest BCUT2D eigenvalue weighted by Crippen LogP contribution is 2.46. The number of hydrogen-bond acceptors (Lipinski definition) is 7. The van der Waals surface area contributed by atoms with Crippen molar-refractivity contribution in [2.45, 2.75) is 13.0 Å². The quantitative estimate of drug-likeness (QED) is 0.390. The summed E-state index contributed by atoms with van der Waals surface area (Å²) in [5.41, 5.74) is 1.37. The van der Waals surface area contributed by atoms with Crippen LogP contribution in [0.5, 0.6) is 17.2 Å². The maximum Gasteiger partial charge on any atom is 0.296 e. The average molecular weight is 493 g/mol. The van der Waals surface area contributed by atoms with E-state index in [-0.39, 0.29) is 27.7 Å². The van der Waals surface area contributed by atoms with Gasteiger partial charge in [-0.25, -0.2) is 4.98 Å². The lowest BCUT2D eigenvalue weighted by Gasteiger charge is -2.25. The number of rotatable bonds is 5. The minimum Gasteiger partial charge on any atom is -0.493 e. The van der Waals surface area contributed by atoms with E-state index in [9.17, 15) is 9.59 Å². The van der Waals surface area contributed by atoms with Crippen LogP contribution >= 0.6 is 11.6 Å². The van der Waals surface area contributed by atoms with Gasteiger partial charge in [-0.15, -0.1) is 0 Å². The number of amides is 1. The summed E-state index contributed by atoms with van der Waals surface area (Å²) in [4.78, 5) is 33.5. The third-order valence-electron chi connectivity index (χ3n) is 5.96. The molecule has 0 bridgehead atoms. The first kappa shape index (κ1) is 22.7. The van der Waals surface area contributed by atoms with Crippen molar-refractivity contribution in [2.24, 2.45) is 0 Å². The first-order chi connectivity index (χ1) is 16.9. The number of benzene rings is 2. The summed E-state index contributed by atoms with van der Waals surface area (Å²) < 4.78 is 22.5. The molecular formula is C26H21ClN2O6. The molecule has 0 aliphatic carbocycles. The maximum atomic E-state index is 13.8. The summed E-state index contributed by atoms with van der Waals surface area (Å²) in [7, 11) is 4.50. The summed E-state index contributed by atoms with van der Waals surface area (Å²) in [6.07, 6.45) is 0. The van der Waals surface area contributed by atoms with Crippen molar-refractivity contribution in [3.63, 3.8) is 0 Å². The van der Waals surface area contributed by atoms with Crippen LogP contribution in [0.3, 0.4) is 0 Å². The molecule has 2 aromatic carbocycles. The molecule has 0 saturated carbocycles. The number of aromatic nitrogens is 1. The summed E-state index contributed by atoms with van der Waals surface area (Å²) in [5, 5.41) is 0.663. The molecule has 1 aliphatic heterocycles. The fraction of sp³-hybridized carbons (Fsp3) is 0.192. The number of carbonyl (C=O) groups is 1. The van der Waals surface area contributed by atoms with Crippen molar-refractivity contribution in [3.8, 4) is 17.2 Å². The van der Waals surface area contributed by atoms with Crippen LogP contribution in [-0.2, 0) is 0 Å². The SMILES string of the molecule is COc1cc(C2c3c(oc4ccc(Cl)cc4c3=O)C(=O)N2c2cccc(C)n2)cc(OC)c1OC. The lowest BCUT2D eigenvalue weighted by molar-refractivity contribution is 0.0970. The van der Waals surface area contributed by atoms with E-state index in [0.717, 1.165) is 0 Å². The van der Waals surface area contributed by atoms with Crippen molar-refractivity contribution >= 4 is 34.3 Å². The van der Waals surface area contributed by atoms with E-state index >= 15 is 0 Å². The van der Waals surface area contributed by atoms with Crippen molar-refractivity contribution < 1.29 is 23.4 Å². The first-order valence-electron chi connectivity index (χ1n) is 10.7. The molecule has 1 aliphatic rings. The Morgan fingerprint density at radius 3 is 2.31 bits per heavy atom. The molecule has 2 aromatic heterocycles. The molecule has 3 heterocycles. The Balaban J connectivity index is 1.85. The molecule has 9 heteroatoms. The van der Waals surface area contributed by atoms with E-state index in [2.05, 4.69) is 4.98 Å². The van der Waals surface area contributed by atoms with E-state index in [1.165, 1.54) is 32.3 Å². The van der Waals surface area contributed by atoms with Crippen LogP contribution in [0.1, 0.15) is 33.4 Å². The van der Waals surface area contributed by atoms with Gasteiger partial charge in [0, 0.05) is 10.7 Å². The van der Waals surface area contributed by atoms with Crippen LogP contribution in [0.25, 0.3) is 11.0 Å². The summed E-state index contributed by atoms with van der Waals surface area (Å²) in [6.45, 7) is 1.82. The zero-order chi connectivity index (χ0) is 24.9. The summed E-state index contributed by atoms with van der Waals surface area (Å²) in [5.74, 6) is 1.00. The number of nitrogens with zero attached hydrogens (tertiary/aromatic N) is 2. The van der Waals surface area contributed by atoms with Crippen molar-refractivity contribution in [1.82, 2.24) is 4.98 Å². The van der Waals surface area contributed by atoms with E-state index in [1.54, 1.807) is 36.4 Å². The zero-order valence-electron chi connectivity index (χ0n) is 19.4. The largest absolute Gasteiger partial charge is 0.493 e. The topological polar surface area (TPSA) is 91.1 Å². The number of fused-ring (bicyclic) bond motifs is 2. The maximum absolute atomic E-state index is 13.8. The number of aryl methyl sites for hydroxylation is 1. The number of methoxy groups -OCH3 is 3. The second-order valence-electron chi connectivity index (χ2n) is 7.99. The third kappa shape index (κ3) is 3.57. The number of halogens is 1. The van der Waals surface area contributed by atoms with Crippen LogP contribution < -0.4 is 24.5 Å². The Bertz CT molecular complexity index is 1520. The van der Waals surface area contributed by atoms with Crippen LogP contribution in [0.4, 0.5) is 5.82 Å². The number of hydrogen-bond donors (Lipinski definition) is 0. The Kier molecular flexibility index (Phi) is 5.61. The molecular weight excluding hydrogens is 472 g/mol. The normalized spacial score (nSPS) is 14.8. The molecule has 0 spiro atoms. The van der Waals surface area contributed by atoms with Crippen molar-refractivity contribution in [1.29, 1.82) is 0 Å². The molecule has 4 aromatic rings. The highest BCUT2D eigenvalue weighted by molar-refractivity contribution is 6.31. The van der Waals surface area contributed by atoms with Crippen LogP contribution in [0, 0.1) is 6.92 Å². The second kappa shape index (κ2) is 8.63. The predicted molar refractivity (Wildman–Crippen MR) is 131 cm³/mol. The molecule has 178 valence electrons. The molecule has 1 atom stereocenters. The lowest BCUT2D eigenvalue weighted by atomic mass is 9.97. The highest BCUT2D eigenvalue weighted by atomic mass is 35.5. The third-order valence-corrected chi connectivity index (χ3v) is 6.19. The molecule has 1 unspecified atom stereocenters. The Morgan fingerprint density at radius 1 is 0.971 bits per heavy atom. The predicted octanol–water partition coefficient (Wildman–Crippen LogP) is 4.93. The van der Waals surface area contributed by atoms with Gasteiger partial charge < -0.3 is 18.6 Å². The highest BCUT2D eigenvalue weighted by Gasteiger charge is 2.45. The van der Waals surface area contributed by atoms with Gasteiger partial charge in [0.15, 0.2) is 16.9 Å². The van der Waals surface area contributed by atoms with Gasteiger partial charge in [0.1, 0.15) is 11.4 Å². The van der Waals surface area contributed by atoms with Crippen molar-refractivity contribution in [3.05, 3.63) is 86.4 Å². The van der Waals surface area contributed by atoms with Crippen molar-refractivity contribution in [2.75, 3.05) is 26.2 Å². The fourth-order valence-corrected chi connectivity index (χ4v) is 4.59. The minimum absolute atomic E-state index is 0.0492. The Labute approximate surface area is 205 Å². The van der Waals surface area contributed by atoms with E-state index in [0.29, 0.717) is 39.3 Å². The average Bonchev–Trinajstić information content (AvgIpc) is 3.16. The van der Waals surface area contributed by atoms with Gasteiger partial charge >= 0.3 is 0 Å². The first-order valence-corrected chi connectivity index (χ1v) is 11.1. The minimum atomic E-state index is -0.861. The number of pyridine rings is 1. The Morgan fingerprint density at radius 2 is 1.69 bits per heavy atom. The number of ether oxygens (including phenoxy) is 3. The van der Waals surface area contributed by atoms with Gasteiger partial charge in [-0.2, -0.15) is 0 Å². The van der Waals surface area contributed by atoms with Gasteiger partial charge in [-0.05, 0) is 55.0 Å². The molecule has 8 nitrogen and oxygen atoms in total. The number of anilines is 1. The van der Waals surface area contributed by atoms with Gasteiger partial charge in [0.05, 0.1) is 38.3 Å². The molecule has 0 saturated heterocycles. The van der Waals surface area contributed by atoms with Gasteiger partial charge in [0.2, 0.25) is 11.5 Å². The van der Waals surface area contributed by atoms with E-state index in [4.69, 9.17) is 30.2 Å². The molecule has 35 heavy (non-hydrogen) atoms. The van der Waals surface area contributed by atoms with Crippen LogP contribution in [0.2, 0.25) is 5.02 Å². The molecule has 0 fully saturated rings.